The van der Waals surface area contributed by atoms with Gasteiger partial charge in [-0.15, -0.1) is 0 Å². The van der Waals surface area contributed by atoms with Gasteiger partial charge in [-0.05, 0) is 49.2 Å². The molecule has 0 amide bonds. The van der Waals surface area contributed by atoms with Crippen LogP contribution in [0.5, 0.6) is 0 Å². The molecular weight excluding hydrogens is 224 g/mol. The third-order valence-electron chi connectivity index (χ3n) is 4.15. The molecular formula is C16H18O2. The Morgan fingerprint density at radius 2 is 2.00 bits per heavy atom. The molecule has 3 rings (SSSR count). The van der Waals surface area contributed by atoms with Crippen LogP contribution in [-0.4, -0.2) is 12.1 Å². The number of benzene rings is 1. The molecule has 0 saturated heterocycles. The first-order chi connectivity index (χ1) is 8.81. The van der Waals surface area contributed by atoms with E-state index < -0.39 is 0 Å². The first-order valence-electron chi connectivity index (χ1n) is 6.75. The lowest BCUT2D eigenvalue weighted by atomic mass is 9.98. The predicted molar refractivity (Wildman–Crippen MR) is 70.8 cm³/mol. The molecule has 2 nitrogen and oxygen atoms in total. The first-order valence-corrected chi connectivity index (χ1v) is 6.75. The van der Waals surface area contributed by atoms with Crippen molar-refractivity contribution < 1.29 is 9.53 Å². The van der Waals surface area contributed by atoms with Crippen LogP contribution in [0.4, 0.5) is 0 Å². The van der Waals surface area contributed by atoms with Crippen LogP contribution in [0.2, 0.25) is 0 Å². The highest BCUT2D eigenvalue weighted by molar-refractivity contribution is 5.87. The molecule has 18 heavy (non-hydrogen) atoms. The zero-order chi connectivity index (χ0) is 12.4. The number of esters is 1. The van der Waals surface area contributed by atoms with Crippen LogP contribution in [-0.2, 0) is 9.53 Å². The molecule has 2 aliphatic rings. The van der Waals surface area contributed by atoms with Gasteiger partial charge in [0.15, 0.2) is 0 Å². The van der Waals surface area contributed by atoms with E-state index in [2.05, 4.69) is 0 Å². The summed E-state index contributed by atoms with van der Waals surface area (Å²) in [5.41, 5.74) is 1.03. The summed E-state index contributed by atoms with van der Waals surface area (Å²) in [6.45, 7) is 0. The highest BCUT2D eigenvalue weighted by atomic mass is 16.5. The molecule has 2 fully saturated rings. The molecule has 0 aliphatic heterocycles. The van der Waals surface area contributed by atoms with E-state index in [-0.39, 0.29) is 12.1 Å². The van der Waals surface area contributed by atoms with Gasteiger partial charge in [-0.2, -0.15) is 0 Å². The molecule has 0 radical (unpaired) electrons. The van der Waals surface area contributed by atoms with Crippen LogP contribution >= 0.6 is 0 Å². The molecule has 2 bridgehead atoms. The van der Waals surface area contributed by atoms with E-state index in [9.17, 15) is 4.79 Å². The zero-order valence-corrected chi connectivity index (χ0v) is 10.4. The van der Waals surface area contributed by atoms with Crippen molar-refractivity contribution in [2.75, 3.05) is 0 Å². The molecule has 94 valence electrons. The molecule has 3 unspecified atom stereocenters. The lowest BCUT2D eigenvalue weighted by Gasteiger charge is -2.20. The van der Waals surface area contributed by atoms with E-state index in [4.69, 9.17) is 4.74 Å². The second-order valence-corrected chi connectivity index (χ2v) is 5.39. The second-order valence-electron chi connectivity index (χ2n) is 5.39. The van der Waals surface area contributed by atoms with Gasteiger partial charge in [-0.25, -0.2) is 4.79 Å². The molecule has 0 heterocycles. The Bertz CT molecular complexity index is 449. The molecule has 0 N–H and O–H groups in total. The minimum atomic E-state index is -0.198. The topological polar surface area (TPSA) is 26.3 Å². The van der Waals surface area contributed by atoms with Gasteiger partial charge in [0.2, 0.25) is 0 Å². The summed E-state index contributed by atoms with van der Waals surface area (Å²) in [6, 6.07) is 9.83. The SMILES string of the molecule is O=C(C=Cc1ccccc1)OC1CC2CCC1C2. The molecule has 2 saturated carbocycles. The maximum Gasteiger partial charge on any atom is 0.331 e. The van der Waals surface area contributed by atoms with Crippen molar-refractivity contribution in [3.63, 3.8) is 0 Å². The Morgan fingerprint density at radius 3 is 2.67 bits per heavy atom. The Hall–Kier alpha value is -1.57. The maximum absolute atomic E-state index is 11.7. The number of carbonyl (C=O) groups is 1. The van der Waals surface area contributed by atoms with Gasteiger partial charge in [-0.3, -0.25) is 0 Å². The standard InChI is InChI=1S/C16H18O2/c17-16(9-7-12-4-2-1-3-5-12)18-15-11-13-6-8-14(15)10-13/h1-5,7,9,13-15H,6,8,10-11H2. The largest absolute Gasteiger partial charge is 0.459 e. The minimum Gasteiger partial charge on any atom is -0.459 e. The van der Waals surface area contributed by atoms with Gasteiger partial charge in [0, 0.05) is 6.08 Å². The Balaban J connectivity index is 1.55. The van der Waals surface area contributed by atoms with E-state index in [1.54, 1.807) is 6.08 Å². The van der Waals surface area contributed by atoms with Gasteiger partial charge in [0.05, 0.1) is 0 Å². The number of hydrogen-bond donors (Lipinski definition) is 0. The van der Waals surface area contributed by atoms with E-state index in [0.29, 0.717) is 5.92 Å². The second kappa shape index (κ2) is 4.97. The van der Waals surface area contributed by atoms with Crippen molar-refractivity contribution in [2.45, 2.75) is 31.8 Å². The fourth-order valence-corrected chi connectivity index (χ4v) is 3.25. The molecule has 2 heteroatoms. The number of carbonyl (C=O) groups excluding carboxylic acids is 1. The fourth-order valence-electron chi connectivity index (χ4n) is 3.25. The average molecular weight is 242 g/mol. The third-order valence-corrected chi connectivity index (χ3v) is 4.15. The number of rotatable bonds is 3. The van der Waals surface area contributed by atoms with Crippen LogP contribution in [0.15, 0.2) is 36.4 Å². The van der Waals surface area contributed by atoms with Crippen LogP contribution in [0.3, 0.4) is 0 Å². The Kier molecular flexibility index (Phi) is 3.18. The van der Waals surface area contributed by atoms with Gasteiger partial charge < -0.3 is 4.74 Å². The van der Waals surface area contributed by atoms with Crippen molar-refractivity contribution in [1.82, 2.24) is 0 Å². The normalized spacial score (nSPS) is 29.9. The highest BCUT2D eigenvalue weighted by Gasteiger charge is 2.41. The summed E-state index contributed by atoms with van der Waals surface area (Å²) in [5, 5.41) is 0. The predicted octanol–water partition coefficient (Wildman–Crippen LogP) is 3.43. The van der Waals surface area contributed by atoms with Crippen molar-refractivity contribution in [3.05, 3.63) is 42.0 Å². The van der Waals surface area contributed by atoms with Crippen LogP contribution in [0.1, 0.15) is 31.2 Å². The van der Waals surface area contributed by atoms with Crippen molar-refractivity contribution in [2.24, 2.45) is 11.8 Å². The maximum atomic E-state index is 11.7. The number of fused-ring (bicyclic) bond motifs is 2. The Labute approximate surface area is 108 Å². The molecule has 1 aromatic rings. The van der Waals surface area contributed by atoms with E-state index in [0.717, 1.165) is 17.9 Å². The summed E-state index contributed by atoms with van der Waals surface area (Å²) < 4.78 is 5.54. The lowest BCUT2D eigenvalue weighted by Crippen LogP contribution is -2.22. The smallest absolute Gasteiger partial charge is 0.331 e. The van der Waals surface area contributed by atoms with E-state index in [1.165, 1.54) is 19.3 Å². The summed E-state index contributed by atoms with van der Waals surface area (Å²) >= 11 is 0. The molecule has 2 aliphatic carbocycles. The zero-order valence-electron chi connectivity index (χ0n) is 10.4. The number of ether oxygens (including phenoxy) is 1. The molecule has 1 aromatic carbocycles. The van der Waals surface area contributed by atoms with E-state index >= 15 is 0 Å². The van der Waals surface area contributed by atoms with Crippen LogP contribution < -0.4 is 0 Å². The van der Waals surface area contributed by atoms with Crippen LogP contribution in [0, 0.1) is 11.8 Å². The third kappa shape index (κ3) is 2.47. The highest BCUT2D eigenvalue weighted by Crippen LogP contribution is 2.45. The van der Waals surface area contributed by atoms with Gasteiger partial charge >= 0.3 is 5.97 Å². The van der Waals surface area contributed by atoms with Gasteiger partial charge in [0.25, 0.3) is 0 Å². The van der Waals surface area contributed by atoms with Crippen LogP contribution in [0.25, 0.3) is 6.08 Å². The minimum absolute atomic E-state index is 0.177. The molecule has 3 atom stereocenters. The first kappa shape index (κ1) is 11.5. The summed E-state index contributed by atoms with van der Waals surface area (Å²) in [4.78, 5) is 11.7. The average Bonchev–Trinajstić information content (AvgIpc) is 3.00. The summed E-state index contributed by atoms with van der Waals surface area (Å²) in [7, 11) is 0. The van der Waals surface area contributed by atoms with Crippen molar-refractivity contribution in [1.29, 1.82) is 0 Å². The van der Waals surface area contributed by atoms with Crippen molar-refractivity contribution >= 4 is 12.0 Å². The summed E-state index contributed by atoms with van der Waals surface area (Å²) in [6.07, 6.45) is 8.45. The number of hydrogen-bond acceptors (Lipinski definition) is 2. The quantitative estimate of drug-likeness (QED) is 0.599. The monoisotopic (exact) mass is 242 g/mol. The van der Waals surface area contributed by atoms with Crippen molar-refractivity contribution in [3.8, 4) is 0 Å². The lowest BCUT2D eigenvalue weighted by molar-refractivity contribution is -0.145. The van der Waals surface area contributed by atoms with E-state index in [1.807, 2.05) is 36.4 Å². The van der Waals surface area contributed by atoms with Gasteiger partial charge in [0.1, 0.15) is 6.10 Å². The molecule has 0 spiro atoms. The van der Waals surface area contributed by atoms with Gasteiger partial charge in [-0.1, -0.05) is 30.3 Å². The summed E-state index contributed by atoms with van der Waals surface area (Å²) in [5.74, 6) is 1.24. The molecule has 0 aromatic heterocycles. The Morgan fingerprint density at radius 1 is 1.17 bits per heavy atom. The fraction of sp³-hybridized carbons (Fsp3) is 0.438.